The molecule has 1 heteroatoms. The molecule has 0 fully saturated rings. The summed E-state index contributed by atoms with van der Waals surface area (Å²) in [5.41, 5.74) is 5.64. The molecule has 0 saturated carbocycles. The number of hydrogen-bond donors (Lipinski definition) is 1. The van der Waals surface area contributed by atoms with Crippen LogP contribution in [0, 0.1) is 5.92 Å². The van der Waals surface area contributed by atoms with E-state index in [9.17, 15) is 0 Å². The monoisotopic (exact) mass is 139 g/mol. The van der Waals surface area contributed by atoms with E-state index in [0.717, 1.165) is 0 Å². The van der Waals surface area contributed by atoms with Gasteiger partial charge in [-0.1, -0.05) is 45.1 Å². The maximum absolute atomic E-state index is 5.64. The summed E-state index contributed by atoms with van der Waals surface area (Å²) in [7, 11) is 0. The number of hydrogen-bond acceptors (Lipinski definition) is 1. The third kappa shape index (κ3) is 2.83. The number of allylic oxidation sites excluding steroid dienone is 2. The molecule has 0 aromatic rings. The molecule has 0 aromatic carbocycles. The fourth-order valence-corrected chi connectivity index (χ4v) is 0.735. The molecule has 10 heavy (non-hydrogen) atoms. The van der Waals surface area contributed by atoms with Gasteiger partial charge in [0.15, 0.2) is 0 Å². The van der Waals surface area contributed by atoms with Crippen molar-refractivity contribution in [3.8, 4) is 0 Å². The molecule has 0 radical (unpaired) electrons. The van der Waals surface area contributed by atoms with Gasteiger partial charge in [-0.15, -0.1) is 0 Å². The van der Waals surface area contributed by atoms with E-state index in [1.807, 2.05) is 32.1 Å². The van der Waals surface area contributed by atoms with Crippen LogP contribution < -0.4 is 5.73 Å². The lowest BCUT2D eigenvalue weighted by atomic mass is 9.98. The highest BCUT2D eigenvalue weighted by Gasteiger charge is 2.06. The minimum Gasteiger partial charge on any atom is -0.324 e. The lowest BCUT2D eigenvalue weighted by Crippen LogP contribution is -2.25. The van der Waals surface area contributed by atoms with E-state index >= 15 is 0 Å². The summed E-state index contributed by atoms with van der Waals surface area (Å²) >= 11 is 0. The van der Waals surface area contributed by atoms with Gasteiger partial charge < -0.3 is 5.73 Å². The first-order valence-electron chi connectivity index (χ1n) is 3.91. The van der Waals surface area contributed by atoms with Crippen LogP contribution in [0.3, 0.4) is 0 Å². The van der Waals surface area contributed by atoms with Gasteiger partial charge >= 0.3 is 0 Å². The fourth-order valence-electron chi connectivity index (χ4n) is 0.735. The van der Waals surface area contributed by atoms with Crippen molar-refractivity contribution in [2.24, 2.45) is 11.7 Å². The molecule has 0 amide bonds. The SMILES string of the molecule is CC.CC1C=CC=CC1N. The molecule has 58 valence electrons. The smallest absolute Gasteiger partial charge is 0.0288 e. The molecule has 2 atom stereocenters. The van der Waals surface area contributed by atoms with Gasteiger partial charge in [0, 0.05) is 6.04 Å². The molecule has 0 aromatic heterocycles. The Balaban J connectivity index is 0.000000371. The van der Waals surface area contributed by atoms with Crippen molar-refractivity contribution in [2.45, 2.75) is 26.8 Å². The first-order chi connectivity index (χ1) is 4.80. The average Bonchev–Trinajstić information content (AvgIpc) is 2.00. The highest BCUT2D eigenvalue weighted by molar-refractivity contribution is 5.15. The van der Waals surface area contributed by atoms with Crippen LogP contribution in [0.2, 0.25) is 0 Å². The van der Waals surface area contributed by atoms with Gasteiger partial charge in [0.05, 0.1) is 0 Å². The van der Waals surface area contributed by atoms with E-state index in [1.165, 1.54) is 0 Å². The second-order valence-electron chi connectivity index (χ2n) is 2.21. The van der Waals surface area contributed by atoms with Gasteiger partial charge in [0.1, 0.15) is 0 Å². The minimum atomic E-state index is 0.236. The maximum atomic E-state index is 5.64. The van der Waals surface area contributed by atoms with Gasteiger partial charge in [0.25, 0.3) is 0 Å². The van der Waals surface area contributed by atoms with E-state index < -0.39 is 0 Å². The Morgan fingerprint density at radius 2 is 1.60 bits per heavy atom. The Morgan fingerprint density at radius 3 is 1.90 bits per heavy atom. The maximum Gasteiger partial charge on any atom is 0.0288 e. The molecule has 1 nitrogen and oxygen atoms in total. The zero-order valence-electron chi connectivity index (χ0n) is 7.04. The predicted molar refractivity (Wildman–Crippen MR) is 46.8 cm³/mol. The Kier molecular flexibility index (Phi) is 4.95. The lowest BCUT2D eigenvalue weighted by Gasteiger charge is -2.13. The Morgan fingerprint density at radius 1 is 1.10 bits per heavy atom. The molecular formula is C9H17N. The third-order valence-corrected chi connectivity index (χ3v) is 1.47. The standard InChI is InChI=1S/C7H11N.C2H6/c1-6-4-2-3-5-7(6)8;1-2/h2-7H,8H2,1H3;1-2H3. The van der Waals surface area contributed by atoms with Crippen molar-refractivity contribution in [3.63, 3.8) is 0 Å². The molecule has 1 aliphatic rings. The molecule has 0 bridgehead atoms. The molecule has 1 aliphatic carbocycles. The molecule has 0 heterocycles. The van der Waals surface area contributed by atoms with Crippen molar-refractivity contribution in [1.82, 2.24) is 0 Å². The van der Waals surface area contributed by atoms with Gasteiger partial charge in [-0.3, -0.25) is 0 Å². The zero-order chi connectivity index (χ0) is 7.98. The molecular weight excluding hydrogens is 122 g/mol. The Bertz CT molecular complexity index is 109. The van der Waals surface area contributed by atoms with E-state index in [2.05, 4.69) is 13.0 Å². The van der Waals surface area contributed by atoms with Crippen LogP contribution in [0.1, 0.15) is 20.8 Å². The van der Waals surface area contributed by atoms with Crippen LogP contribution in [0.15, 0.2) is 24.3 Å². The summed E-state index contributed by atoms with van der Waals surface area (Å²) in [4.78, 5) is 0. The highest BCUT2D eigenvalue weighted by atomic mass is 14.6. The number of rotatable bonds is 0. The average molecular weight is 139 g/mol. The summed E-state index contributed by atoms with van der Waals surface area (Å²) in [6.45, 7) is 6.12. The van der Waals surface area contributed by atoms with Crippen molar-refractivity contribution < 1.29 is 0 Å². The molecule has 0 aliphatic heterocycles. The van der Waals surface area contributed by atoms with Crippen molar-refractivity contribution in [2.75, 3.05) is 0 Å². The Labute approximate surface area is 63.6 Å². The topological polar surface area (TPSA) is 26.0 Å². The number of nitrogens with two attached hydrogens (primary N) is 1. The van der Waals surface area contributed by atoms with E-state index in [1.54, 1.807) is 0 Å². The van der Waals surface area contributed by atoms with Gasteiger partial charge in [-0.25, -0.2) is 0 Å². The Hall–Kier alpha value is -0.560. The normalized spacial score (nSPS) is 29.2. The minimum absolute atomic E-state index is 0.236. The van der Waals surface area contributed by atoms with E-state index in [-0.39, 0.29) is 6.04 Å². The van der Waals surface area contributed by atoms with Gasteiger partial charge in [-0.2, -0.15) is 0 Å². The van der Waals surface area contributed by atoms with Crippen molar-refractivity contribution in [1.29, 1.82) is 0 Å². The summed E-state index contributed by atoms with van der Waals surface area (Å²) in [6, 6.07) is 0.236. The molecule has 2 unspecified atom stereocenters. The first kappa shape index (κ1) is 9.44. The predicted octanol–water partition coefficient (Wildman–Crippen LogP) is 2.10. The van der Waals surface area contributed by atoms with Crippen LogP contribution in [-0.4, -0.2) is 6.04 Å². The van der Waals surface area contributed by atoms with E-state index in [0.29, 0.717) is 5.92 Å². The van der Waals surface area contributed by atoms with Crippen LogP contribution in [-0.2, 0) is 0 Å². The highest BCUT2D eigenvalue weighted by Crippen LogP contribution is 2.07. The largest absolute Gasteiger partial charge is 0.324 e. The third-order valence-electron chi connectivity index (χ3n) is 1.47. The van der Waals surface area contributed by atoms with Gasteiger partial charge in [-0.05, 0) is 5.92 Å². The van der Waals surface area contributed by atoms with Crippen LogP contribution in [0.25, 0.3) is 0 Å². The summed E-state index contributed by atoms with van der Waals surface area (Å²) in [5.74, 6) is 0.514. The van der Waals surface area contributed by atoms with Crippen LogP contribution in [0.4, 0.5) is 0 Å². The molecule has 2 N–H and O–H groups in total. The molecule has 1 rings (SSSR count). The van der Waals surface area contributed by atoms with Crippen LogP contribution >= 0.6 is 0 Å². The first-order valence-corrected chi connectivity index (χ1v) is 3.91. The zero-order valence-corrected chi connectivity index (χ0v) is 7.04. The fraction of sp³-hybridized carbons (Fsp3) is 0.556. The molecule has 0 saturated heterocycles. The van der Waals surface area contributed by atoms with E-state index in [4.69, 9.17) is 5.73 Å². The summed E-state index contributed by atoms with van der Waals surface area (Å²) in [6.07, 6.45) is 8.16. The van der Waals surface area contributed by atoms with Crippen molar-refractivity contribution in [3.05, 3.63) is 24.3 Å². The second-order valence-corrected chi connectivity index (χ2v) is 2.21. The second kappa shape index (κ2) is 5.24. The van der Waals surface area contributed by atoms with Crippen LogP contribution in [0.5, 0.6) is 0 Å². The summed E-state index contributed by atoms with van der Waals surface area (Å²) in [5, 5.41) is 0. The summed E-state index contributed by atoms with van der Waals surface area (Å²) < 4.78 is 0. The van der Waals surface area contributed by atoms with Gasteiger partial charge in [0.2, 0.25) is 0 Å². The molecule has 0 spiro atoms. The lowest BCUT2D eigenvalue weighted by molar-refractivity contribution is 0.625. The quantitative estimate of drug-likeness (QED) is 0.546. The van der Waals surface area contributed by atoms with Crippen molar-refractivity contribution >= 4 is 0 Å².